The number of carbonyl (C=O) groups excluding carboxylic acids is 1. The number of nitriles is 1. The van der Waals surface area contributed by atoms with Crippen molar-refractivity contribution < 1.29 is 9.53 Å². The van der Waals surface area contributed by atoms with Crippen molar-refractivity contribution in [1.29, 1.82) is 5.26 Å². The zero-order chi connectivity index (χ0) is 24.5. The van der Waals surface area contributed by atoms with Crippen molar-refractivity contribution in [3.05, 3.63) is 80.7 Å². The van der Waals surface area contributed by atoms with Gasteiger partial charge >= 0.3 is 0 Å². The van der Waals surface area contributed by atoms with E-state index in [0.717, 1.165) is 36.8 Å². The number of nitrogens with one attached hydrogen (secondary N) is 1. The number of halogens is 1. The molecule has 6 heteroatoms. The number of benzene rings is 2. The quantitative estimate of drug-likeness (QED) is 0.378. The molecule has 1 N–H and O–H groups in total. The van der Waals surface area contributed by atoms with E-state index >= 15 is 0 Å². The van der Waals surface area contributed by atoms with Gasteiger partial charge in [-0.05, 0) is 61.1 Å². The number of aryl methyl sites for hydroxylation is 1. The molecule has 0 unspecified atom stereocenters. The molecule has 0 atom stereocenters. The largest absolute Gasteiger partial charge is 0.487 e. The van der Waals surface area contributed by atoms with Gasteiger partial charge in [-0.25, -0.2) is 0 Å². The summed E-state index contributed by atoms with van der Waals surface area (Å²) >= 11 is 7.73. The zero-order valence-electron chi connectivity index (χ0n) is 19.9. The summed E-state index contributed by atoms with van der Waals surface area (Å²) in [6.45, 7) is 0.363. The first-order chi connectivity index (χ1) is 17.2. The van der Waals surface area contributed by atoms with Gasteiger partial charge < -0.3 is 10.1 Å². The van der Waals surface area contributed by atoms with Crippen molar-refractivity contribution in [2.24, 2.45) is 0 Å². The molecule has 2 aromatic carbocycles. The first-order valence-electron chi connectivity index (χ1n) is 12.5. The van der Waals surface area contributed by atoms with Crippen molar-refractivity contribution in [1.82, 2.24) is 0 Å². The Labute approximate surface area is 216 Å². The minimum Gasteiger partial charge on any atom is -0.487 e. The number of hydrogen-bond donors (Lipinski definition) is 1. The molecule has 1 heterocycles. The van der Waals surface area contributed by atoms with Crippen LogP contribution in [0.25, 0.3) is 0 Å². The molecule has 182 valence electrons. The number of fused-ring (bicyclic) bond motifs is 1. The molecule has 0 spiro atoms. The number of rotatable bonds is 5. The average molecular weight is 507 g/mol. The SMILES string of the molecule is N#Cc1c(NC(=O)c2ccc(COc3ccccc3Cl)cc2)sc2c1CCCCCCCCCC2. The average Bonchev–Trinajstić information content (AvgIpc) is 3.19. The molecule has 0 radical (unpaired) electrons. The number of carbonyl (C=O) groups is 1. The molecule has 35 heavy (non-hydrogen) atoms. The van der Waals surface area contributed by atoms with Gasteiger partial charge in [0, 0.05) is 10.4 Å². The molecule has 0 aliphatic heterocycles. The fourth-order valence-corrected chi connectivity index (χ4v) is 5.91. The Morgan fingerprint density at radius 3 is 2.29 bits per heavy atom. The Morgan fingerprint density at radius 2 is 1.60 bits per heavy atom. The Hall–Kier alpha value is -2.81. The van der Waals surface area contributed by atoms with Crippen LogP contribution in [0, 0.1) is 11.3 Å². The van der Waals surface area contributed by atoms with Crippen LogP contribution in [0.5, 0.6) is 5.75 Å². The third kappa shape index (κ3) is 6.87. The van der Waals surface area contributed by atoms with Gasteiger partial charge in [-0.1, -0.05) is 74.4 Å². The lowest BCUT2D eigenvalue weighted by Crippen LogP contribution is -2.12. The second kappa shape index (κ2) is 12.8. The molecule has 1 aliphatic rings. The van der Waals surface area contributed by atoms with E-state index in [4.69, 9.17) is 16.3 Å². The molecule has 0 saturated heterocycles. The normalized spacial score (nSPS) is 14.6. The van der Waals surface area contributed by atoms with Crippen molar-refractivity contribution in [3.8, 4) is 11.8 Å². The van der Waals surface area contributed by atoms with Crippen LogP contribution in [-0.2, 0) is 19.4 Å². The summed E-state index contributed by atoms with van der Waals surface area (Å²) in [5.74, 6) is 0.434. The highest BCUT2D eigenvalue weighted by atomic mass is 35.5. The van der Waals surface area contributed by atoms with Gasteiger partial charge in [-0.2, -0.15) is 5.26 Å². The van der Waals surface area contributed by atoms with Crippen LogP contribution in [-0.4, -0.2) is 5.91 Å². The van der Waals surface area contributed by atoms with E-state index in [0.29, 0.717) is 33.5 Å². The molecule has 0 fully saturated rings. The number of thiophene rings is 1. The Morgan fingerprint density at radius 1 is 0.943 bits per heavy atom. The van der Waals surface area contributed by atoms with E-state index in [2.05, 4.69) is 11.4 Å². The lowest BCUT2D eigenvalue weighted by atomic mass is 9.98. The van der Waals surface area contributed by atoms with Gasteiger partial charge in [0.25, 0.3) is 5.91 Å². The minimum absolute atomic E-state index is 0.197. The van der Waals surface area contributed by atoms with Gasteiger partial charge in [0.05, 0.1) is 10.6 Å². The van der Waals surface area contributed by atoms with Crippen molar-refractivity contribution in [2.45, 2.75) is 70.8 Å². The van der Waals surface area contributed by atoms with Crippen molar-refractivity contribution in [2.75, 3.05) is 5.32 Å². The molecule has 4 nitrogen and oxygen atoms in total. The van der Waals surface area contributed by atoms with E-state index in [-0.39, 0.29) is 5.91 Å². The predicted octanol–water partition coefficient (Wildman–Crippen LogP) is 8.32. The number of amides is 1. The Bertz CT molecular complexity index is 1180. The molecule has 3 aromatic rings. The minimum atomic E-state index is -0.197. The Balaban J connectivity index is 1.43. The van der Waals surface area contributed by atoms with Crippen molar-refractivity contribution >= 4 is 33.8 Å². The molecule has 0 bridgehead atoms. The lowest BCUT2D eigenvalue weighted by molar-refractivity contribution is 0.102. The van der Waals surface area contributed by atoms with Gasteiger partial charge in [-0.15, -0.1) is 11.3 Å². The van der Waals surface area contributed by atoms with Crippen LogP contribution in [0.3, 0.4) is 0 Å². The van der Waals surface area contributed by atoms with E-state index in [1.807, 2.05) is 30.3 Å². The standard InChI is InChI=1S/C29H31ClN2O2S/c30-25-12-9-10-13-26(25)34-20-21-15-17-22(18-16-21)28(33)32-29-24(19-31)23-11-7-5-3-1-2-4-6-8-14-27(23)35-29/h9-10,12-13,15-18H,1-8,11,14,20H2,(H,32,33). The smallest absolute Gasteiger partial charge is 0.256 e. The molecule has 1 aromatic heterocycles. The van der Waals surface area contributed by atoms with Gasteiger partial charge in [0.1, 0.15) is 23.4 Å². The highest BCUT2D eigenvalue weighted by Crippen LogP contribution is 2.36. The second-order valence-corrected chi connectivity index (χ2v) is 10.5. The fraction of sp³-hybridized carbons (Fsp3) is 0.379. The topological polar surface area (TPSA) is 62.1 Å². The summed E-state index contributed by atoms with van der Waals surface area (Å²) in [5.41, 5.74) is 3.30. The summed E-state index contributed by atoms with van der Waals surface area (Å²) < 4.78 is 5.78. The number of ether oxygens (including phenoxy) is 1. The number of hydrogen-bond acceptors (Lipinski definition) is 4. The van der Waals surface area contributed by atoms with E-state index in [1.54, 1.807) is 29.5 Å². The summed E-state index contributed by atoms with van der Waals surface area (Å²) in [4.78, 5) is 14.3. The Kier molecular flexibility index (Phi) is 9.22. The van der Waals surface area contributed by atoms with Crippen LogP contribution in [0.4, 0.5) is 5.00 Å². The highest BCUT2D eigenvalue weighted by molar-refractivity contribution is 7.16. The first-order valence-corrected chi connectivity index (χ1v) is 13.7. The maximum absolute atomic E-state index is 13.0. The van der Waals surface area contributed by atoms with Gasteiger partial charge in [-0.3, -0.25) is 4.79 Å². The van der Waals surface area contributed by atoms with E-state index in [9.17, 15) is 10.1 Å². The second-order valence-electron chi connectivity index (χ2n) is 9.02. The fourth-order valence-electron chi connectivity index (χ4n) is 4.48. The summed E-state index contributed by atoms with van der Waals surface area (Å²) in [5, 5.41) is 14.2. The first kappa shape index (κ1) is 25.3. The van der Waals surface area contributed by atoms with Crippen LogP contribution in [0.15, 0.2) is 48.5 Å². The predicted molar refractivity (Wildman–Crippen MR) is 144 cm³/mol. The molecule has 4 rings (SSSR count). The van der Waals surface area contributed by atoms with Crippen molar-refractivity contribution in [3.63, 3.8) is 0 Å². The third-order valence-electron chi connectivity index (χ3n) is 6.46. The van der Waals surface area contributed by atoms with Crippen LogP contribution in [0.1, 0.15) is 83.3 Å². The zero-order valence-corrected chi connectivity index (χ0v) is 21.5. The number of para-hydroxylation sites is 1. The maximum Gasteiger partial charge on any atom is 0.256 e. The van der Waals surface area contributed by atoms with Crippen LogP contribution in [0.2, 0.25) is 5.02 Å². The molecular weight excluding hydrogens is 476 g/mol. The third-order valence-corrected chi connectivity index (χ3v) is 7.98. The lowest BCUT2D eigenvalue weighted by Gasteiger charge is -2.09. The van der Waals surface area contributed by atoms with Crippen LogP contribution >= 0.6 is 22.9 Å². The summed E-state index contributed by atoms with van der Waals surface area (Å²) in [6, 6.07) is 17.1. The number of anilines is 1. The summed E-state index contributed by atoms with van der Waals surface area (Å²) in [6.07, 6.45) is 11.8. The van der Waals surface area contributed by atoms with Crippen LogP contribution < -0.4 is 10.1 Å². The van der Waals surface area contributed by atoms with Gasteiger partial charge in [0.2, 0.25) is 0 Å². The molecular formula is C29H31ClN2O2S. The molecule has 1 aliphatic carbocycles. The van der Waals surface area contributed by atoms with E-state index < -0.39 is 0 Å². The highest BCUT2D eigenvalue weighted by Gasteiger charge is 2.20. The van der Waals surface area contributed by atoms with E-state index in [1.165, 1.54) is 43.4 Å². The molecule has 1 amide bonds. The van der Waals surface area contributed by atoms with Gasteiger partial charge in [0.15, 0.2) is 0 Å². The molecule has 0 saturated carbocycles. The summed E-state index contributed by atoms with van der Waals surface area (Å²) in [7, 11) is 0. The maximum atomic E-state index is 13.0. The number of nitrogens with zero attached hydrogens (tertiary/aromatic N) is 1. The monoisotopic (exact) mass is 506 g/mol.